The van der Waals surface area contributed by atoms with Gasteiger partial charge in [0.2, 0.25) is 10.0 Å². The molecule has 29 heavy (non-hydrogen) atoms. The minimum Gasteiger partial charge on any atom is -0.452 e. The highest BCUT2D eigenvalue weighted by Gasteiger charge is 2.27. The van der Waals surface area contributed by atoms with Crippen LogP contribution < -0.4 is 0 Å². The zero-order chi connectivity index (χ0) is 20.7. The SMILES string of the molecule is O=C(OCC(=O)N1CCCCCCC1)c1cccc(S(=O)(=O)N2CCOCC2)c1. The van der Waals surface area contributed by atoms with Gasteiger partial charge in [-0.05, 0) is 31.0 Å². The molecule has 0 radical (unpaired) electrons. The van der Waals surface area contributed by atoms with Crippen molar-refractivity contribution in [2.45, 2.75) is 37.0 Å². The number of ether oxygens (including phenoxy) is 2. The normalized spacial score (nSPS) is 19.2. The van der Waals surface area contributed by atoms with E-state index in [0.717, 1.165) is 25.7 Å². The number of esters is 1. The number of sulfonamides is 1. The van der Waals surface area contributed by atoms with Crippen molar-refractivity contribution in [2.75, 3.05) is 46.0 Å². The fourth-order valence-corrected chi connectivity index (χ4v) is 4.97. The molecule has 3 rings (SSSR count). The van der Waals surface area contributed by atoms with Crippen molar-refractivity contribution in [2.24, 2.45) is 0 Å². The molecule has 0 atom stereocenters. The first-order chi connectivity index (χ1) is 14.0. The third-order valence-corrected chi connectivity index (χ3v) is 7.11. The lowest BCUT2D eigenvalue weighted by Gasteiger charge is -2.26. The Hall–Kier alpha value is -1.97. The zero-order valence-corrected chi connectivity index (χ0v) is 17.4. The smallest absolute Gasteiger partial charge is 0.338 e. The van der Waals surface area contributed by atoms with Crippen LogP contribution in [0.5, 0.6) is 0 Å². The third-order valence-electron chi connectivity index (χ3n) is 5.21. The van der Waals surface area contributed by atoms with E-state index < -0.39 is 16.0 Å². The van der Waals surface area contributed by atoms with Crippen molar-refractivity contribution in [3.63, 3.8) is 0 Å². The highest BCUT2D eigenvalue weighted by Crippen LogP contribution is 2.19. The number of likely N-dealkylation sites (tertiary alicyclic amines) is 1. The van der Waals surface area contributed by atoms with E-state index in [1.54, 1.807) is 4.90 Å². The summed E-state index contributed by atoms with van der Waals surface area (Å²) in [5.74, 6) is -0.915. The van der Waals surface area contributed by atoms with Gasteiger partial charge in [-0.1, -0.05) is 25.3 Å². The summed E-state index contributed by atoms with van der Waals surface area (Å²) in [5, 5.41) is 0. The number of rotatable bonds is 5. The highest BCUT2D eigenvalue weighted by atomic mass is 32.2. The molecule has 160 valence electrons. The second-order valence-corrected chi connectivity index (χ2v) is 9.21. The maximum Gasteiger partial charge on any atom is 0.338 e. The van der Waals surface area contributed by atoms with Gasteiger partial charge >= 0.3 is 5.97 Å². The first kappa shape index (κ1) is 21.7. The summed E-state index contributed by atoms with van der Waals surface area (Å²) in [4.78, 5) is 26.5. The molecular formula is C20H28N2O6S. The Morgan fingerprint density at radius 3 is 2.31 bits per heavy atom. The van der Waals surface area contributed by atoms with Crippen LogP contribution in [0.1, 0.15) is 42.5 Å². The number of carbonyl (C=O) groups excluding carboxylic acids is 2. The molecule has 0 N–H and O–H groups in total. The maximum atomic E-state index is 12.8. The van der Waals surface area contributed by atoms with Gasteiger partial charge in [0.1, 0.15) is 0 Å². The fraction of sp³-hybridized carbons (Fsp3) is 0.600. The van der Waals surface area contributed by atoms with Gasteiger partial charge in [0.15, 0.2) is 6.61 Å². The van der Waals surface area contributed by atoms with Gasteiger partial charge in [-0.3, -0.25) is 4.79 Å². The number of carbonyl (C=O) groups is 2. The van der Waals surface area contributed by atoms with E-state index in [-0.39, 0.29) is 36.1 Å². The highest BCUT2D eigenvalue weighted by molar-refractivity contribution is 7.89. The molecule has 2 aliphatic rings. The van der Waals surface area contributed by atoms with Crippen molar-refractivity contribution in [1.82, 2.24) is 9.21 Å². The Morgan fingerprint density at radius 1 is 0.966 bits per heavy atom. The van der Waals surface area contributed by atoms with Crippen LogP contribution in [0.3, 0.4) is 0 Å². The Bertz CT molecular complexity index is 812. The topological polar surface area (TPSA) is 93.2 Å². The van der Waals surface area contributed by atoms with Gasteiger partial charge in [0, 0.05) is 26.2 Å². The minimum atomic E-state index is -3.70. The molecular weight excluding hydrogens is 396 g/mol. The Kier molecular flexibility index (Phi) is 7.63. The van der Waals surface area contributed by atoms with E-state index in [1.807, 2.05) is 0 Å². The largest absolute Gasteiger partial charge is 0.452 e. The second-order valence-electron chi connectivity index (χ2n) is 7.27. The van der Waals surface area contributed by atoms with Gasteiger partial charge in [0.25, 0.3) is 5.91 Å². The molecule has 2 heterocycles. The van der Waals surface area contributed by atoms with Crippen molar-refractivity contribution in [1.29, 1.82) is 0 Å². The third kappa shape index (κ3) is 5.77. The molecule has 1 aromatic carbocycles. The van der Waals surface area contributed by atoms with Crippen LogP contribution in [0.15, 0.2) is 29.2 Å². The summed E-state index contributed by atoms with van der Waals surface area (Å²) in [6, 6.07) is 5.74. The lowest BCUT2D eigenvalue weighted by atomic mass is 10.1. The van der Waals surface area contributed by atoms with Gasteiger partial charge in [-0.15, -0.1) is 0 Å². The number of amides is 1. The van der Waals surface area contributed by atoms with Crippen molar-refractivity contribution in [3.8, 4) is 0 Å². The summed E-state index contributed by atoms with van der Waals surface area (Å²) in [6.07, 6.45) is 5.32. The molecule has 0 saturated carbocycles. The van der Waals surface area contributed by atoms with Crippen LogP contribution >= 0.6 is 0 Å². The molecule has 2 fully saturated rings. The van der Waals surface area contributed by atoms with Crippen LogP contribution in [-0.2, 0) is 24.3 Å². The van der Waals surface area contributed by atoms with Crippen LogP contribution in [0.2, 0.25) is 0 Å². The predicted molar refractivity (Wildman–Crippen MR) is 106 cm³/mol. The van der Waals surface area contributed by atoms with Gasteiger partial charge < -0.3 is 14.4 Å². The summed E-state index contributed by atoms with van der Waals surface area (Å²) in [7, 11) is -3.70. The molecule has 0 aromatic heterocycles. The van der Waals surface area contributed by atoms with Crippen LogP contribution in [0.25, 0.3) is 0 Å². The molecule has 9 heteroatoms. The zero-order valence-electron chi connectivity index (χ0n) is 16.5. The Balaban J connectivity index is 1.61. The van der Waals surface area contributed by atoms with Gasteiger partial charge in [0.05, 0.1) is 23.7 Å². The molecule has 0 bridgehead atoms. The molecule has 1 aromatic rings. The number of hydrogen-bond acceptors (Lipinski definition) is 6. The Morgan fingerprint density at radius 2 is 1.62 bits per heavy atom. The second kappa shape index (κ2) is 10.2. The number of hydrogen-bond donors (Lipinski definition) is 0. The summed E-state index contributed by atoms with van der Waals surface area (Å²) in [6.45, 7) is 2.29. The molecule has 0 spiro atoms. The molecule has 8 nitrogen and oxygen atoms in total. The van der Waals surface area contributed by atoms with E-state index in [0.29, 0.717) is 26.3 Å². The van der Waals surface area contributed by atoms with Crippen LogP contribution in [0, 0.1) is 0 Å². The van der Waals surface area contributed by atoms with E-state index in [9.17, 15) is 18.0 Å². The van der Waals surface area contributed by atoms with Gasteiger partial charge in [-0.25, -0.2) is 13.2 Å². The molecule has 0 aliphatic carbocycles. The molecule has 0 unspecified atom stereocenters. The lowest BCUT2D eigenvalue weighted by Crippen LogP contribution is -2.40. The maximum absolute atomic E-state index is 12.8. The predicted octanol–water partition coefficient (Wildman–Crippen LogP) is 1.66. The average molecular weight is 425 g/mol. The summed E-state index contributed by atoms with van der Waals surface area (Å²) in [5.41, 5.74) is 0.111. The summed E-state index contributed by atoms with van der Waals surface area (Å²) >= 11 is 0. The fourth-order valence-electron chi connectivity index (χ4n) is 3.52. The van der Waals surface area contributed by atoms with Crippen molar-refractivity contribution >= 4 is 21.9 Å². The number of benzene rings is 1. The van der Waals surface area contributed by atoms with Crippen molar-refractivity contribution in [3.05, 3.63) is 29.8 Å². The van der Waals surface area contributed by atoms with Crippen LogP contribution in [0.4, 0.5) is 0 Å². The minimum absolute atomic E-state index is 0.0314. The number of morpholine rings is 1. The standard InChI is InChI=1S/C20H28N2O6S/c23-19(21-9-4-2-1-3-5-10-21)16-28-20(24)17-7-6-8-18(15-17)29(25,26)22-11-13-27-14-12-22/h6-8,15H,1-5,9-14,16H2. The van der Waals surface area contributed by atoms with E-state index >= 15 is 0 Å². The van der Waals surface area contributed by atoms with E-state index in [2.05, 4.69) is 0 Å². The first-order valence-corrected chi connectivity index (χ1v) is 11.6. The van der Waals surface area contributed by atoms with E-state index in [4.69, 9.17) is 9.47 Å². The molecule has 2 aliphatic heterocycles. The average Bonchev–Trinajstić information content (AvgIpc) is 2.72. The quantitative estimate of drug-likeness (QED) is 0.668. The monoisotopic (exact) mass is 424 g/mol. The lowest BCUT2D eigenvalue weighted by molar-refractivity contribution is -0.134. The molecule has 2 saturated heterocycles. The van der Waals surface area contributed by atoms with E-state index in [1.165, 1.54) is 35.0 Å². The Labute approximate surface area is 171 Å². The van der Waals surface area contributed by atoms with Crippen LogP contribution in [-0.4, -0.2) is 75.5 Å². The number of nitrogens with zero attached hydrogens (tertiary/aromatic N) is 2. The molecule has 1 amide bonds. The first-order valence-electron chi connectivity index (χ1n) is 10.1. The summed E-state index contributed by atoms with van der Waals surface area (Å²) < 4.78 is 37.2. The van der Waals surface area contributed by atoms with Crippen molar-refractivity contribution < 1.29 is 27.5 Å². The van der Waals surface area contributed by atoms with Gasteiger partial charge in [-0.2, -0.15) is 4.31 Å².